The summed E-state index contributed by atoms with van der Waals surface area (Å²) < 4.78 is 23.1. The monoisotopic (exact) mass is 415 g/mol. The van der Waals surface area contributed by atoms with Gasteiger partial charge in [0.1, 0.15) is 11.0 Å². The number of benzene rings is 2. The van der Waals surface area contributed by atoms with E-state index in [4.69, 9.17) is 4.43 Å². The Hall–Kier alpha value is -1.56. The van der Waals surface area contributed by atoms with Crippen molar-refractivity contribution in [3.05, 3.63) is 60.7 Å². The van der Waals surface area contributed by atoms with Crippen LogP contribution in [-0.4, -0.2) is 29.6 Å². The number of hydrogen-bond donors (Lipinski definition) is 0. The Labute approximate surface area is 174 Å². The van der Waals surface area contributed by atoms with Crippen LogP contribution in [0.5, 0.6) is 0 Å². The van der Waals surface area contributed by atoms with Crippen LogP contribution in [0.2, 0.25) is 5.04 Å². The Bertz CT molecular complexity index is 768. The highest BCUT2D eigenvalue weighted by molar-refractivity contribution is 7.85. The van der Waals surface area contributed by atoms with Gasteiger partial charge in [0.15, 0.2) is 0 Å². The molecule has 0 aromatic heterocycles. The van der Waals surface area contributed by atoms with E-state index in [2.05, 4.69) is 73.7 Å². The summed E-state index contributed by atoms with van der Waals surface area (Å²) >= 11 is 0. The van der Waals surface area contributed by atoms with E-state index >= 15 is 0 Å². The van der Waals surface area contributed by atoms with Crippen molar-refractivity contribution in [3.8, 4) is 0 Å². The van der Waals surface area contributed by atoms with E-state index < -0.39 is 19.3 Å². The van der Waals surface area contributed by atoms with Crippen LogP contribution in [0, 0.1) is 0 Å². The Kier molecular flexibility index (Phi) is 7.18. The summed E-state index contributed by atoms with van der Waals surface area (Å²) in [4.78, 5) is 0. The van der Waals surface area contributed by atoms with Gasteiger partial charge in [-0.05, 0) is 43.1 Å². The second-order valence-electron chi connectivity index (χ2n) is 9.10. The molecule has 0 saturated carbocycles. The van der Waals surface area contributed by atoms with Gasteiger partial charge in [-0.15, -0.1) is 0 Å². The molecule has 2 rings (SSSR count). The van der Waals surface area contributed by atoms with Crippen molar-refractivity contribution in [2.75, 3.05) is 0 Å². The quantitative estimate of drug-likeness (QED) is 0.515. The molecule has 0 unspecified atom stereocenters. The largest absolute Gasteiger partial charge is 0.400 e. The molecule has 0 amide bonds. The molecule has 2 atom stereocenters. The van der Waals surface area contributed by atoms with E-state index in [9.17, 15) is 4.21 Å². The van der Waals surface area contributed by atoms with Crippen LogP contribution in [0.4, 0.5) is 0 Å². The van der Waals surface area contributed by atoms with Crippen molar-refractivity contribution in [1.82, 2.24) is 0 Å². The average Bonchev–Trinajstić information content (AvgIpc) is 2.63. The van der Waals surface area contributed by atoms with Crippen molar-refractivity contribution < 1.29 is 8.63 Å². The maximum absolute atomic E-state index is 12.3. The maximum atomic E-state index is 12.3. The first kappa shape index (κ1) is 22.7. The fraction of sp³-hybridized carbons (Fsp3) is 0.435. The second-order valence-corrected chi connectivity index (χ2v) is 15.3. The van der Waals surface area contributed by atoms with Gasteiger partial charge in [-0.25, -0.2) is 4.21 Å². The molecule has 0 spiro atoms. The number of rotatable bonds is 6. The number of hydrogen-bond acceptors (Lipinski definition) is 2. The van der Waals surface area contributed by atoms with Crippen LogP contribution in [0.1, 0.15) is 48.5 Å². The zero-order chi connectivity index (χ0) is 21.0. The summed E-state index contributed by atoms with van der Waals surface area (Å²) in [5, 5.41) is 2.36. The minimum absolute atomic E-state index is 0.0962. The molecule has 0 N–H and O–H groups in total. The zero-order valence-corrected chi connectivity index (χ0v) is 19.9. The Balaban J connectivity index is 2.53. The van der Waals surface area contributed by atoms with Gasteiger partial charge in [0.2, 0.25) is 0 Å². The number of nitrogens with zero attached hydrogens (tertiary/aromatic N) is 1. The molecule has 0 aliphatic heterocycles. The molecule has 0 aliphatic rings. The highest BCUT2D eigenvalue weighted by Crippen LogP contribution is 2.37. The lowest BCUT2D eigenvalue weighted by atomic mass is 10.2. The minimum Gasteiger partial charge on any atom is -0.400 e. The highest BCUT2D eigenvalue weighted by atomic mass is 32.2. The average molecular weight is 416 g/mol. The van der Waals surface area contributed by atoms with Crippen LogP contribution in [0.3, 0.4) is 0 Å². The van der Waals surface area contributed by atoms with Crippen molar-refractivity contribution in [1.29, 1.82) is 0 Å². The Morgan fingerprint density at radius 1 is 0.893 bits per heavy atom. The van der Waals surface area contributed by atoms with E-state index in [-0.39, 0.29) is 15.9 Å². The minimum atomic E-state index is -2.62. The van der Waals surface area contributed by atoms with Crippen molar-refractivity contribution in [2.24, 2.45) is 4.40 Å². The van der Waals surface area contributed by atoms with E-state index in [0.717, 1.165) is 0 Å². The van der Waals surface area contributed by atoms with E-state index in [1.54, 1.807) is 6.21 Å². The van der Waals surface area contributed by atoms with Crippen LogP contribution < -0.4 is 10.4 Å². The molecule has 0 aliphatic carbocycles. The summed E-state index contributed by atoms with van der Waals surface area (Å²) in [5.41, 5.74) is 0. The third-order valence-corrected chi connectivity index (χ3v) is 11.2. The maximum Gasteiger partial charge on any atom is 0.261 e. The van der Waals surface area contributed by atoms with Gasteiger partial charge < -0.3 is 4.43 Å². The molecule has 0 saturated heterocycles. The van der Waals surface area contributed by atoms with E-state index in [1.807, 2.05) is 39.8 Å². The van der Waals surface area contributed by atoms with Gasteiger partial charge in [-0.1, -0.05) is 81.4 Å². The summed E-state index contributed by atoms with van der Waals surface area (Å²) in [6.45, 7) is 14.5. The lowest BCUT2D eigenvalue weighted by Crippen LogP contribution is -2.67. The molecule has 152 valence electrons. The lowest BCUT2D eigenvalue weighted by molar-refractivity contribution is 0.273. The second kappa shape index (κ2) is 8.85. The molecule has 28 heavy (non-hydrogen) atoms. The Morgan fingerprint density at radius 3 is 1.68 bits per heavy atom. The fourth-order valence-electron chi connectivity index (χ4n) is 3.30. The van der Waals surface area contributed by atoms with Gasteiger partial charge in [-0.2, -0.15) is 4.40 Å². The van der Waals surface area contributed by atoms with Crippen molar-refractivity contribution in [3.63, 3.8) is 0 Å². The van der Waals surface area contributed by atoms with Crippen LogP contribution in [0.15, 0.2) is 65.1 Å². The smallest absolute Gasteiger partial charge is 0.261 e. The topological polar surface area (TPSA) is 38.7 Å². The summed E-state index contributed by atoms with van der Waals surface area (Å²) in [6, 6.07) is 21.0. The molecular weight excluding hydrogens is 382 g/mol. The van der Waals surface area contributed by atoms with Gasteiger partial charge >= 0.3 is 0 Å². The first-order valence-electron chi connectivity index (χ1n) is 9.73. The molecule has 2 aromatic rings. The molecule has 0 bridgehead atoms. The predicted molar refractivity (Wildman–Crippen MR) is 125 cm³/mol. The molecule has 2 aromatic carbocycles. The van der Waals surface area contributed by atoms with Crippen LogP contribution >= 0.6 is 0 Å². The molecular formula is C23H33NO2SSi. The first-order chi connectivity index (χ1) is 13.0. The molecule has 0 radical (unpaired) electrons. The molecule has 0 heterocycles. The molecule has 3 nitrogen and oxygen atoms in total. The zero-order valence-electron chi connectivity index (χ0n) is 18.1. The van der Waals surface area contributed by atoms with Gasteiger partial charge in [-0.3, -0.25) is 0 Å². The van der Waals surface area contributed by atoms with Crippen molar-refractivity contribution in [2.45, 2.75) is 64.4 Å². The van der Waals surface area contributed by atoms with Gasteiger partial charge in [0.05, 0.1) is 10.9 Å². The Morgan fingerprint density at radius 2 is 1.32 bits per heavy atom. The molecule has 5 heteroatoms. The summed E-state index contributed by atoms with van der Waals surface area (Å²) in [6.07, 6.45) is 1.46. The third kappa shape index (κ3) is 5.07. The van der Waals surface area contributed by atoms with Gasteiger partial charge in [0, 0.05) is 6.21 Å². The molecule has 0 fully saturated rings. The third-order valence-electron chi connectivity index (χ3n) is 4.67. The lowest BCUT2D eigenvalue weighted by Gasteiger charge is -2.44. The first-order valence-corrected chi connectivity index (χ1v) is 12.7. The fourth-order valence-corrected chi connectivity index (χ4v) is 8.53. The standard InChI is InChI=1S/C23H33NO2SSi/c1-19(18-24-27(25)22(2,3)4)26-28(23(5,6)7,20-14-10-8-11-15-20)21-16-12-9-13-17-21/h8-19H,1-7H3/b24-18+/t19-,27-/m0/s1. The van der Waals surface area contributed by atoms with Gasteiger partial charge in [0.25, 0.3) is 8.32 Å². The summed E-state index contributed by atoms with van der Waals surface area (Å²) in [5.74, 6) is 0. The van der Waals surface area contributed by atoms with E-state index in [0.29, 0.717) is 0 Å². The predicted octanol–water partition coefficient (Wildman–Crippen LogP) is 4.48. The van der Waals surface area contributed by atoms with Crippen molar-refractivity contribution >= 4 is 35.9 Å². The summed E-state index contributed by atoms with van der Waals surface area (Å²) in [7, 11) is -3.91. The SMILES string of the molecule is C[C@@H](/C=N/[S@@](=O)C(C)(C)C)O[Si](c1ccccc1)(c1ccccc1)C(C)(C)C. The van der Waals surface area contributed by atoms with Crippen LogP contribution in [0.25, 0.3) is 0 Å². The normalized spacial score (nSPS) is 15.5. The van der Waals surface area contributed by atoms with E-state index in [1.165, 1.54) is 10.4 Å². The highest BCUT2D eigenvalue weighted by Gasteiger charge is 2.50. The van der Waals surface area contributed by atoms with Crippen LogP contribution in [-0.2, 0) is 15.4 Å².